The van der Waals surface area contributed by atoms with Crippen LogP contribution in [0.4, 0.5) is 0 Å². The normalized spacial score (nSPS) is 10.5. The topological polar surface area (TPSA) is 90.6 Å². The molecule has 2 aromatic rings. The molecule has 0 heterocycles. The summed E-state index contributed by atoms with van der Waals surface area (Å²) >= 11 is 0. The van der Waals surface area contributed by atoms with Crippen molar-refractivity contribution in [1.29, 1.82) is 5.26 Å². The molecule has 0 aliphatic rings. The van der Waals surface area contributed by atoms with Gasteiger partial charge in [-0.05, 0) is 63.4 Å². The number of rotatable bonds is 11. The van der Waals surface area contributed by atoms with Crippen molar-refractivity contribution >= 4 is 11.9 Å². The van der Waals surface area contributed by atoms with Gasteiger partial charge in [0.2, 0.25) is 0 Å². The van der Waals surface area contributed by atoms with E-state index in [1.54, 1.807) is 29.2 Å². The Kier molecular flexibility index (Phi) is 8.89. The summed E-state index contributed by atoms with van der Waals surface area (Å²) in [5.74, 6) is -0.144. The van der Waals surface area contributed by atoms with E-state index in [1.807, 2.05) is 38.1 Å². The number of carbonyl (C=O) groups is 2. The molecule has 0 aliphatic carbocycles. The Morgan fingerprint density at radius 3 is 2.40 bits per heavy atom. The fraction of sp³-hybridized carbons (Fsp3) is 0.375. The van der Waals surface area contributed by atoms with E-state index < -0.39 is 5.97 Å². The lowest BCUT2D eigenvalue weighted by atomic mass is 10.1. The number of hydrogen-bond acceptors (Lipinski definition) is 4. The molecule has 6 heteroatoms. The van der Waals surface area contributed by atoms with E-state index in [-0.39, 0.29) is 18.4 Å². The maximum Gasteiger partial charge on any atom is 0.303 e. The van der Waals surface area contributed by atoms with Crippen molar-refractivity contribution in [3.63, 3.8) is 0 Å². The molecule has 0 fully saturated rings. The van der Waals surface area contributed by atoms with Crippen molar-refractivity contribution in [2.24, 2.45) is 0 Å². The minimum absolute atomic E-state index is 0.0165. The Balaban J connectivity index is 2.03. The van der Waals surface area contributed by atoms with Crippen LogP contribution < -0.4 is 4.74 Å². The van der Waals surface area contributed by atoms with Gasteiger partial charge >= 0.3 is 5.97 Å². The number of carboxylic acid groups (broad SMARTS) is 1. The van der Waals surface area contributed by atoms with Crippen molar-refractivity contribution in [1.82, 2.24) is 4.90 Å². The van der Waals surface area contributed by atoms with Gasteiger partial charge in [0.1, 0.15) is 5.75 Å². The molecule has 0 aliphatic heterocycles. The number of hydrogen-bond donors (Lipinski definition) is 1. The second-order valence-corrected chi connectivity index (χ2v) is 7.38. The molecule has 0 saturated heterocycles. The van der Waals surface area contributed by atoms with Crippen molar-refractivity contribution in [3.8, 4) is 11.8 Å². The average molecular weight is 408 g/mol. The number of amides is 1. The summed E-state index contributed by atoms with van der Waals surface area (Å²) in [6, 6.07) is 16.3. The van der Waals surface area contributed by atoms with Gasteiger partial charge in [0, 0.05) is 30.1 Å². The fourth-order valence-corrected chi connectivity index (χ4v) is 3.04. The minimum atomic E-state index is -0.776. The summed E-state index contributed by atoms with van der Waals surface area (Å²) in [6.45, 7) is 4.84. The SMILES string of the molecule is CC(C)N(Cc1ccccc1OCCCCCC(=O)O)C(=O)c1ccc(C#N)cc1. The molecule has 2 rings (SSSR count). The lowest BCUT2D eigenvalue weighted by Crippen LogP contribution is -2.36. The molecule has 0 saturated carbocycles. The molecule has 0 atom stereocenters. The maximum atomic E-state index is 13.0. The Morgan fingerprint density at radius 1 is 1.07 bits per heavy atom. The number of ether oxygens (including phenoxy) is 1. The summed E-state index contributed by atoms with van der Waals surface area (Å²) < 4.78 is 5.92. The predicted molar refractivity (Wildman–Crippen MR) is 114 cm³/mol. The van der Waals surface area contributed by atoms with Crippen LogP contribution in [0.15, 0.2) is 48.5 Å². The zero-order chi connectivity index (χ0) is 21.9. The lowest BCUT2D eigenvalue weighted by molar-refractivity contribution is -0.137. The Bertz CT molecular complexity index is 885. The first-order valence-corrected chi connectivity index (χ1v) is 10.2. The van der Waals surface area contributed by atoms with Crippen LogP contribution in [0.25, 0.3) is 0 Å². The second kappa shape index (κ2) is 11.6. The molecule has 1 amide bonds. The van der Waals surface area contributed by atoms with Gasteiger partial charge in [0.15, 0.2) is 0 Å². The largest absolute Gasteiger partial charge is 0.493 e. The summed E-state index contributed by atoms with van der Waals surface area (Å²) in [4.78, 5) is 25.4. The molecule has 30 heavy (non-hydrogen) atoms. The number of aliphatic carboxylic acids is 1. The molecule has 6 nitrogen and oxygen atoms in total. The van der Waals surface area contributed by atoms with Crippen LogP contribution in [0.3, 0.4) is 0 Å². The van der Waals surface area contributed by atoms with Gasteiger partial charge in [-0.3, -0.25) is 9.59 Å². The Hall–Kier alpha value is -3.33. The van der Waals surface area contributed by atoms with Gasteiger partial charge in [0.25, 0.3) is 5.91 Å². The molecule has 0 radical (unpaired) electrons. The number of nitrogens with zero attached hydrogens (tertiary/aromatic N) is 2. The van der Waals surface area contributed by atoms with E-state index in [9.17, 15) is 9.59 Å². The molecule has 1 N–H and O–H groups in total. The van der Waals surface area contributed by atoms with Crippen molar-refractivity contribution in [2.45, 2.75) is 52.1 Å². The first-order chi connectivity index (χ1) is 14.4. The van der Waals surface area contributed by atoms with Gasteiger partial charge in [-0.1, -0.05) is 18.2 Å². The van der Waals surface area contributed by atoms with Crippen LogP contribution in [-0.4, -0.2) is 34.5 Å². The number of carbonyl (C=O) groups excluding carboxylic acids is 1. The number of nitriles is 1. The average Bonchev–Trinajstić information content (AvgIpc) is 2.74. The molecule has 2 aromatic carbocycles. The summed E-state index contributed by atoms with van der Waals surface area (Å²) in [5, 5.41) is 17.6. The third-order valence-electron chi connectivity index (χ3n) is 4.75. The van der Waals surface area contributed by atoms with Gasteiger partial charge in [-0.25, -0.2) is 0 Å². The fourth-order valence-electron chi connectivity index (χ4n) is 3.04. The summed E-state index contributed by atoms with van der Waals surface area (Å²) in [5.41, 5.74) is 1.98. The van der Waals surface area contributed by atoms with Gasteiger partial charge < -0.3 is 14.7 Å². The zero-order valence-corrected chi connectivity index (χ0v) is 17.5. The first kappa shape index (κ1) is 23.0. The Labute approximate surface area is 177 Å². The van der Waals surface area contributed by atoms with E-state index in [1.165, 1.54) is 0 Å². The highest BCUT2D eigenvalue weighted by molar-refractivity contribution is 5.94. The Morgan fingerprint density at radius 2 is 1.77 bits per heavy atom. The van der Waals surface area contributed by atoms with Crippen LogP contribution >= 0.6 is 0 Å². The van der Waals surface area contributed by atoms with E-state index in [0.717, 1.165) is 24.2 Å². The number of carboxylic acids is 1. The summed E-state index contributed by atoms with van der Waals surface area (Å²) in [7, 11) is 0. The molecular formula is C24H28N2O4. The highest BCUT2D eigenvalue weighted by Crippen LogP contribution is 2.23. The van der Waals surface area contributed by atoms with Crippen LogP contribution in [0.2, 0.25) is 0 Å². The molecule has 0 bridgehead atoms. The molecular weight excluding hydrogens is 380 g/mol. The molecule has 158 valence electrons. The monoisotopic (exact) mass is 408 g/mol. The first-order valence-electron chi connectivity index (χ1n) is 10.2. The van der Waals surface area contributed by atoms with Crippen molar-refractivity contribution in [3.05, 3.63) is 65.2 Å². The van der Waals surface area contributed by atoms with Crippen LogP contribution in [0.1, 0.15) is 61.0 Å². The highest BCUT2D eigenvalue weighted by atomic mass is 16.5. The van der Waals surface area contributed by atoms with Crippen LogP contribution in [0, 0.1) is 11.3 Å². The number of para-hydroxylation sites is 1. The summed E-state index contributed by atoms with van der Waals surface area (Å²) in [6.07, 6.45) is 2.39. The smallest absolute Gasteiger partial charge is 0.303 e. The van der Waals surface area contributed by atoms with Gasteiger partial charge in [-0.15, -0.1) is 0 Å². The van der Waals surface area contributed by atoms with E-state index in [4.69, 9.17) is 15.1 Å². The van der Waals surface area contributed by atoms with E-state index in [2.05, 4.69) is 6.07 Å². The lowest BCUT2D eigenvalue weighted by Gasteiger charge is -2.28. The maximum absolute atomic E-state index is 13.0. The number of unbranched alkanes of at least 4 members (excludes halogenated alkanes) is 2. The standard InChI is InChI=1S/C24H28N2O4/c1-18(2)26(24(29)20-13-11-19(16-25)12-14-20)17-21-8-5-6-9-22(21)30-15-7-3-4-10-23(27)28/h5-6,8-9,11-14,18H,3-4,7,10,15,17H2,1-2H3,(H,27,28). The highest BCUT2D eigenvalue weighted by Gasteiger charge is 2.20. The molecule has 0 aromatic heterocycles. The van der Waals surface area contributed by atoms with E-state index >= 15 is 0 Å². The predicted octanol–water partition coefficient (Wildman–Crippen LogP) is 4.63. The van der Waals surface area contributed by atoms with Crippen LogP contribution in [0.5, 0.6) is 5.75 Å². The quantitative estimate of drug-likeness (QED) is 0.547. The molecule has 0 unspecified atom stereocenters. The van der Waals surface area contributed by atoms with E-state index in [0.29, 0.717) is 30.7 Å². The van der Waals surface area contributed by atoms with Crippen molar-refractivity contribution in [2.75, 3.05) is 6.61 Å². The van der Waals surface area contributed by atoms with Gasteiger partial charge in [0.05, 0.1) is 18.2 Å². The zero-order valence-electron chi connectivity index (χ0n) is 17.5. The molecule has 0 spiro atoms. The third-order valence-corrected chi connectivity index (χ3v) is 4.75. The van der Waals surface area contributed by atoms with Gasteiger partial charge in [-0.2, -0.15) is 5.26 Å². The number of benzene rings is 2. The third kappa shape index (κ3) is 6.93. The second-order valence-electron chi connectivity index (χ2n) is 7.38. The van der Waals surface area contributed by atoms with Crippen molar-refractivity contribution < 1.29 is 19.4 Å². The minimum Gasteiger partial charge on any atom is -0.493 e. The van der Waals surface area contributed by atoms with Crippen LogP contribution in [-0.2, 0) is 11.3 Å².